The highest BCUT2D eigenvalue weighted by Gasteiger charge is 2.19. The number of halogens is 1. The van der Waals surface area contributed by atoms with Gasteiger partial charge in [0.25, 0.3) is 0 Å². The van der Waals surface area contributed by atoms with Crippen LogP contribution in [-0.2, 0) is 11.2 Å². The molecule has 0 N–H and O–H groups in total. The van der Waals surface area contributed by atoms with Gasteiger partial charge >= 0.3 is 0 Å². The molecule has 1 fully saturated rings. The van der Waals surface area contributed by atoms with E-state index in [4.69, 9.17) is 0 Å². The molecule has 1 saturated heterocycles. The lowest BCUT2D eigenvalue weighted by Crippen LogP contribution is -2.26. The summed E-state index contributed by atoms with van der Waals surface area (Å²) in [5.41, 5.74) is 2.14. The minimum Gasteiger partial charge on any atom is -0.342 e. The van der Waals surface area contributed by atoms with Gasteiger partial charge in [0.1, 0.15) is 0 Å². The summed E-state index contributed by atoms with van der Waals surface area (Å²) >= 11 is 5.15. The normalized spacial score (nSPS) is 15.1. The van der Waals surface area contributed by atoms with E-state index in [0.717, 1.165) is 46.7 Å². The zero-order chi connectivity index (χ0) is 13.9. The summed E-state index contributed by atoms with van der Waals surface area (Å²) in [5.74, 6) is 0.286. The summed E-state index contributed by atoms with van der Waals surface area (Å²) in [6.45, 7) is 1.70. The monoisotopic (exact) mass is 350 g/mol. The fourth-order valence-electron chi connectivity index (χ4n) is 2.38. The van der Waals surface area contributed by atoms with Crippen LogP contribution in [0, 0.1) is 0 Å². The summed E-state index contributed by atoms with van der Waals surface area (Å²) in [6, 6.07) is 8.16. The highest BCUT2D eigenvalue weighted by atomic mass is 79.9. The number of carbonyl (C=O) groups excluding carboxylic acids is 1. The molecule has 0 saturated carbocycles. The van der Waals surface area contributed by atoms with Crippen LogP contribution in [0.25, 0.3) is 11.3 Å². The number of hydrogen-bond acceptors (Lipinski definition) is 3. The average Bonchev–Trinajstić information content (AvgIpc) is 3.05. The highest BCUT2D eigenvalue weighted by Crippen LogP contribution is 2.25. The van der Waals surface area contributed by atoms with Gasteiger partial charge in [0.05, 0.1) is 10.7 Å². The van der Waals surface area contributed by atoms with Crippen LogP contribution in [0.3, 0.4) is 0 Å². The van der Waals surface area contributed by atoms with Gasteiger partial charge in [0.15, 0.2) is 0 Å². The first kappa shape index (κ1) is 13.8. The molecule has 0 radical (unpaired) electrons. The summed E-state index contributed by atoms with van der Waals surface area (Å²) in [6.07, 6.45) is 2.56. The predicted molar refractivity (Wildman–Crippen MR) is 84.8 cm³/mol. The zero-order valence-electron chi connectivity index (χ0n) is 11.0. The number of likely N-dealkylation sites (tertiary alicyclic amines) is 1. The molecule has 0 aliphatic carbocycles. The Bertz CT molecular complexity index is 626. The number of carbonyl (C=O) groups is 1. The average molecular weight is 351 g/mol. The standard InChI is InChI=1S/C15H15BrN2OS/c16-12-4-1-3-11(9-12)13-10-20-14(17-13)6-8-18-7-2-5-15(18)19/h1,3-4,9-10H,2,5-8H2. The Labute approximate surface area is 130 Å². The Hall–Kier alpha value is -1.20. The number of benzene rings is 1. The van der Waals surface area contributed by atoms with Crippen LogP contribution < -0.4 is 0 Å². The second-order valence-electron chi connectivity index (χ2n) is 4.87. The molecule has 2 heterocycles. The molecular formula is C15H15BrN2OS. The quantitative estimate of drug-likeness (QED) is 0.841. The van der Waals surface area contributed by atoms with Crippen molar-refractivity contribution >= 4 is 33.2 Å². The van der Waals surface area contributed by atoms with Crippen molar-refractivity contribution in [1.29, 1.82) is 0 Å². The van der Waals surface area contributed by atoms with Crippen molar-refractivity contribution in [2.75, 3.05) is 13.1 Å². The number of thiazole rings is 1. The molecule has 0 spiro atoms. The van der Waals surface area contributed by atoms with E-state index in [1.807, 2.05) is 17.0 Å². The number of rotatable bonds is 4. The topological polar surface area (TPSA) is 33.2 Å². The summed E-state index contributed by atoms with van der Waals surface area (Å²) < 4.78 is 1.06. The maximum Gasteiger partial charge on any atom is 0.222 e. The van der Waals surface area contributed by atoms with Crippen LogP contribution in [0.1, 0.15) is 17.8 Å². The van der Waals surface area contributed by atoms with Crippen LogP contribution in [0.2, 0.25) is 0 Å². The molecule has 3 nitrogen and oxygen atoms in total. The van der Waals surface area contributed by atoms with Gasteiger partial charge in [-0.3, -0.25) is 4.79 Å². The number of hydrogen-bond donors (Lipinski definition) is 0. The second kappa shape index (κ2) is 6.06. The molecule has 1 aromatic heterocycles. The molecule has 104 valence electrons. The summed E-state index contributed by atoms with van der Waals surface area (Å²) in [7, 11) is 0. The van der Waals surface area contributed by atoms with Crippen molar-refractivity contribution in [3.05, 3.63) is 39.1 Å². The van der Waals surface area contributed by atoms with Gasteiger partial charge in [0, 0.05) is 41.3 Å². The van der Waals surface area contributed by atoms with Crippen LogP contribution in [0.15, 0.2) is 34.1 Å². The molecular weight excluding hydrogens is 336 g/mol. The molecule has 20 heavy (non-hydrogen) atoms. The SMILES string of the molecule is O=C1CCCN1CCc1nc(-c2cccc(Br)c2)cs1. The van der Waals surface area contributed by atoms with Crippen molar-refractivity contribution in [2.24, 2.45) is 0 Å². The van der Waals surface area contributed by atoms with Crippen LogP contribution >= 0.6 is 27.3 Å². The van der Waals surface area contributed by atoms with E-state index in [9.17, 15) is 4.79 Å². The fourth-order valence-corrected chi connectivity index (χ4v) is 3.57. The van der Waals surface area contributed by atoms with Crippen molar-refractivity contribution in [3.63, 3.8) is 0 Å². The minimum absolute atomic E-state index is 0.286. The van der Waals surface area contributed by atoms with Crippen molar-refractivity contribution in [3.8, 4) is 11.3 Å². The Morgan fingerprint density at radius 3 is 3.05 bits per heavy atom. The van der Waals surface area contributed by atoms with Crippen LogP contribution in [-0.4, -0.2) is 28.9 Å². The molecule has 1 aliphatic heterocycles. The van der Waals surface area contributed by atoms with E-state index < -0.39 is 0 Å². The first-order valence-corrected chi connectivity index (χ1v) is 8.38. The molecule has 0 unspecified atom stereocenters. The third-order valence-electron chi connectivity index (χ3n) is 3.44. The van der Waals surface area contributed by atoms with Crippen LogP contribution in [0.4, 0.5) is 0 Å². The molecule has 3 rings (SSSR count). The Morgan fingerprint density at radius 2 is 2.30 bits per heavy atom. The van der Waals surface area contributed by atoms with Gasteiger partial charge in [0.2, 0.25) is 5.91 Å². The molecule has 1 aliphatic rings. The Kier molecular flexibility index (Phi) is 4.17. The number of aromatic nitrogens is 1. The fraction of sp³-hybridized carbons (Fsp3) is 0.333. The molecule has 0 atom stereocenters. The van der Waals surface area contributed by atoms with E-state index in [1.165, 1.54) is 0 Å². The Balaban J connectivity index is 1.66. The van der Waals surface area contributed by atoms with E-state index in [0.29, 0.717) is 6.42 Å². The van der Waals surface area contributed by atoms with E-state index in [-0.39, 0.29) is 5.91 Å². The zero-order valence-corrected chi connectivity index (χ0v) is 13.4. The number of nitrogens with zero attached hydrogens (tertiary/aromatic N) is 2. The van der Waals surface area contributed by atoms with Gasteiger partial charge < -0.3 is 4.90 Å². The maximum absolute atomic E-state index is 11.6. The molecule has 2 aromatic rings. The first-order valence-electron chi connectivity index (χ1n) is 6.70. The second-order valence-corrected chi connectivity index (χ2v) is 6.73. The van der Waals surface area contributed by atoms with Crippen molar-refractivity contribution < 1.29 is 4.79 Å². The van der Waals surface area contributed by atoms with Crippen LogP contribution in [0.5, 0.6) is 0 Å². The van der Waals surface area contributed by atoms with E-state index >= 15 is 0 Å². The van der Waals surface area contributed by atoms with Crippen molar-refractivity contribution in [2.45, 2.75) is 19.3 Å². The third kappa shape index (κ3) is 3.10. The first-order chi connectivity index (χ1) is 9.72. The minimum atomic E-state index is 0.286. The molecule has 1 amide bonds. The highest BCUT2D eigenvalue weighted by molar-refractivity contribution is 9.10. The van der Waals surface area contributed by atoms with Crippen molar-refractivity contribution in [1.82, 2.24) is 9.88 Å². The van der Waals surface area contributed by atoms with E-state index in [2.05, 4.69) is 38.4 Å². The lowest BCUT2D eigenvalue weighted by molar-refractivity contribution is -0.127. The van der Waals surface area contributed by atoms with Gasteiger partial charge in [-0.1, -0.05) is 28.1 Å². The third-order valence-corrected chi connectivity index (χ3v) is 4.84. The number of amides is 1. The predicted octanol–water partition coefficient (Wildman–Crippen LogP) is 3.74. The summed E-state index contributed by atoms with van der Waals surface area (Å²) in [5, 5.41) is 3.18. The van der Waals surface area contributed by atoms with Gasteiger partial charge in [-0.05, 0) is 18.6 Å². The smallest absolute Gasteiger partial charge is 0.222 e. The summed E-state index contributed by atoms with van der Waals surface area (Å²) in [4.78, 5) is 18.2. The molecule has 1 aromatic carbocycles. The van der Waals surface area contributed by atoms with Gasteiger partial charge in [-0.25, -0.2) is 4.98 Å². The maximum atomic E-state index is 11.6. The molecule has 5 heteroatoms. The lowest BCUT2D eigenvalue weighted by atomic mass is 10.2. The van der Waals surface area contributed by atoms with Gasteiger partial charge in [-0.15, -0.1) is 11.3 Å². The lowest BCUT2D eigenvalue weighted by Gasteiger charge is -2.13. The largest absolute Gasteiger partial charge is 0.342 e. The van der Waals surface area contributed by atoms with E-state index in [1.54, 1.807) is 11.3 Å². The Morgan fingerprint density at radius 1 is 1.40 bits per heavy atom. The van der Waals surface area contributed by atoms with Gasteiger partial charge in [-0.2, -0.15) is 0 Å². The molecule has 0 bridgehead atoms.